The van der Waals surface area contributed by atoms with Crippen LogP contribution in [0, 0.1) is 39.0 Å². The fourth-order valence-electron chi connectivity index (χ4n) is 6.82. The first kappa shape index (κ1) is 33.9. The number of hydrogen-bond donors (Lipinski definition) is 0. The van der Waals surface area contributed by atoms with Crippen molar-refractivity contribution in [3.05, 3.63) is 79.4 Å². The lowest BCUT2D eigenvalue weighted by Crippen LogP contribution is -2.51. The number of piperazine rings is 1. The van der Waals surface area contributed by atoms with Gasteiger partial charge < -0.3 is 4.90 Å². The third-order valence-electron chi connectivity index (χ3n) is 9.97. The van der Waals surface area contributed by atoms with Crippen molar-refractivity contribution in [3.8, 4) is 5.69 Å². The van der Waals surface area contributed by atoms with E-state index in [-0.39, 0.29) is 40.6 Å². The molecule has 8 nitrogen and oxygen atoms in total. The second kappa shape index (κ2) is 12.8. The number of benzene rings is 2. The highest BCUT2D eigenvalue weighted by molar-refractivity contribution is 7.99. The molecule has 1 atom stereocenters. The molecule has 0 saturated carbocycles. The molecule has 0 N–H and O–H groups in total. The van der Waals surface area contributed by atoms with Crippen LogP contribution >= 0.6 is 23.1 Å². The fraction of sp³-hybridized carbons (Fsp3) is 0.472. The molecular formula is C36H44N4O4S3. The van der Waals surface area contributed by atoms with Gasteiger partial charge in [-0.3, -0.25) is 14.2 Å². The third-order valence-corrected chi connectivity index (χ3v) is 13.9. The van der Waals surface area contributed by atoms with Crippen LogP contribution < -0.4 is 5.56 Å². The van der Waals surface area contributed by atoms with E-state index in [1.165, 1.54) is 20.9 Å². The van der Waals surface area contributed by atoms with Crippen molar-refractivity contribution < 1.29 is 13.2 Å². The Morgan fingerprint density at radius 2 is 1.66 bits per heavy atom. The molecule has 2 aromatic heterocycles. The number of fused-ring (bicyclic) bond motifs is 3. The van der Waals surface area contributed by atoms with E-state index in [1.807, 2.05) is 52.0 Å². The van der Waals surface area contributed by atoms with Crippen LogP contribution in [0.3, 0.4) is 0 Å². The predicted octanol–water partition coefficient (Wildman–Crippen LogP) is 6.46. The number of carbonyl (C=O) groups excluding carboxylic acids is 1. The molecule has 1 fully saturated rings. The number of thiophene rings is 1. The molecule has 0 radical (unpaired) electrons. The van der Waals surface area contributed by atoms with Gasteiger partial charge in [0.25, 0.3) is 5.56 Å². The summed E-state index contributed by atoms with van der Waals surface area (Å²) in [6.45, 7) is 15.8. The van der Waals surface area contributed by atoms with Gasteiger partial charge in [-0.15, -0.1) is 11.3 Å². The summed E-state index contributed by atoms with van der Waals surface area (Å²) in [5, 5.41) is 1.23. The molecule has 250 valence electrons. The van der Waals surface area contributed by atoms with Crippen molar-refractivity contribution in [2.45, 2.75) is 77.8 Å². The van der Waals surface area contributed by atoms with Gasteiger partial charge in [-0.05, 0) is 98.2 Å². The average molecular weight is 693 g/mol. The minimum absolute atomic E-state index is 0.0702. The second-order valence-electron chi connectivity index (χ2n) is 14.1. The summed E-state index contributed by atoms with van der Waals surface area (Å²) in [7, 11) is -3.65. The number of sulfonamides is 1. The number of rotatable bonds is 6. The fourth-order valence-corrected chi connectivity index (χ4v) is 10.6. The molecule has 0 spiro atoms. The Balaban J connectivity index is 1.26. The quantitative estimate of drug-likeness (QED) is 0.170. The summed E-state index contributed by atoms with van der Waals surface area (Å²) < 4.78 is 29.8. The Morgan fingerprint density at radius 1 is 0.979 bits per heavy atom. The molecule has 6 rings (SSSR count). The van der Waals surface area contributed by atoms with Crippen molar-refractivity contribution in [1.82, 2.24) is 18.8 Å². The first-order valence-electron chi connectivity index (χ1n) is 16.3. The van der Waals surface area contributed by atoms with Gasteiger partial charge in [0.2, 0.25) is 15.9 Å². The van der Waals surface area contributed by atoms with E-state index in [4.69, 9.17) is 4.98 Å². The maximum atomic E-state index is 14.5. The maximum Gasteiger partial charge on any atom is 0.267 e. The molecular weight excluding hydrogens is 649 g/mol. The lowest BCUT2D eigenvalue weighted by Gasteiger charge is -2.34. The number of aromatic nitrogens is 2. The Hall–Kier alpha value is -2.99. The highest BCUT2D eigenvalue weighted by atomic mass is 32.2. The van der Waals surface area contributed by atoms with Crippen LogP contribution in [0.25, 0.3) is 15.9 Å². The Bertz CT molecular complexity index is 2010. The highest BCUT2D eigenvalue weighted by Crippen LogP contribution is 2.42. The molecule has 11 heteroatoms. The molecule has 2 aromatic carbocycles. The van der Waals surface area contributed by atoms with E-state index in [9.17, 15) is 18.0 Å². The zero-order valence-electron chi connectivity index (χ0n) is 28.3. The van der Waals surface area contributed by atoms with Gasteiger partial charge in [-0.1, -0.05) is 56.8 Å². The summed E-state index contributed by atoms with van der Waals surface area (Å²) in [6, 6.07) is 11.2. The van der Waals surface area contributed by atoms with Crippen LogP contribution in [0.2, 0.25) is 0 Å². The van der Waals surface area contributed by atoms with E-state index in [0.717, 1.165) is 63.0 Å². The monoisotopic (exact) mass is 692 g/mol. The topological polar surface area (TPSA) is 92.6 Å². The number of carbonyl (C=O) groups is 1. The molecule has 1 unspecified atom stereocenters. The van der Waals surface area contributed by atoms with E-state index in [1.54, 1.807) is 32.9 Å². The Labute approximate surface area is 286 Å². The molecule has 1 aliphatic carbocycles. The molecule has 1 saturated heterocycles. The van der Waals surface area contributed by atoms with E-state index in [2.05, 4.69) is 20.8 Å². The van der Waals surface area contributed by atoms with E-state index >= 15 is 0 Å². The number of hydrogen-bond acceptors (Lipinski definition) is 7. The summed E-state index contributed by atoms with van der Waals surface area (Å²) in [6.07, 6.45) is 2.88. The second-order valence-corrected chi connectivity index (χ2v) is 18.0. The summed E-state index contributed by atoms with van der Waals surface area (Å²) >= 11 is 2.91. The number of thioether (sulfide) groups is 1. The zero-order valence-corrected chi connectivity index (χ0v) is 30.8. The minimum atomic E-state index is -3.65. The third kappa shape index (κ3) is 6.44. The number of aryl methyl sites for hydroxylation is 5. The first-order valence-corrected chi connectivity index (χ1v) is 19.5. The lowest BCUT2D eigenvalue weighted by atomic mass is 9.72. The van der Waals surface area contributed by atoms with Gasteiger partial charge >= 0.3 is 0 Å². The van der Waals surface area contributed by atoms with Crippen molar-refractivity contribution >= 4 is 49.2 Å². The SMILES string of the molecule is Cc1ccc(S(=O)(=O)N2CCN(C(=O)CSc3nc4sc5c(c4c(=O)n3-c3c(C)cccc3C)CCC(C(C)(C)C)C5)CC2)cc1C. The van der Waals surface area contributed by atoms with Crippen LogP contribution in [0.1, 0.15) is 59.9 Å². The first-order chi connectivity index (χ1) is 22.2. The standard InChI is InChI=1S/C36H44N4O4S3/c1-22-11-13-27(19-25(22)4)47(43,44)39-17-15-38(16-18-39)30(41)21-45-35-37-33-31(28-14-12-26(36(5,6)7)20-29(28)46-33)34(42)40(35)32-23(2)9-8-10-24(32)3/h8-11,13,19,26H,12,14-18,20-21H2,1-7H3. The van der Waals surface area contributed by atoms with Crippen molar-refractivity contribution in [2.24, 2.45) is 11.3 Å². The van der Waals surface area contributed by atoms with Gasteiger partial charge in [0.1, 0.15) is 4.83 Å². The minimum Gasteiger partial charge on any atom is -0.339 e. The molecule has 47 heavy (non-hydrogen) atoms. The molecule has 2 aliphatic rings. The van der Waals surface area contributed by atoms with Crippen LogP contribution in [0.5, 0.6) is 0 Å². The maximum absolute atomic E-state index is 14.5. The molecule has 1 aliphatic heterocycles. The summed E-state index contributed by atoms with van der Waals surface area (Å²) in [5.41, 5.74) is 6.00. The highest BCUT2D eigenvalue weighted by Gasteiger charge is 2.33. The van der Waals surface area contributed by atoms with Gasteiger partial charge in [0.05, 0.1) is 21.7 Å². The Morgan fingerprint density at radius 3 is 2.30 bits per heavy atom. The van der Waals surface area contributed by atoms with Crippen LogP contribution in [-0.4, -0.2) is 65.0 Å². The zero-order chi connectivity index (χ0) is 33.8. The van der Waals surface area contributed by atoms with Crippen LogP contribution in [-0.2, 0) is 27.7 Å². The van der Waals surface area contributed by atoms with E-state index in [0.29, 0.717) is 24.2 Å². The summed E-state index contributed by atoms with van der Waals surface area (Å²) in [5.74, 6) is 0.551. The predicted molar refractivity (Wildman–Crippen MR) is 192 cm³/mol. The van der Waals surface area contributed by atoms with E-state index < -0.39 is 10.0 Å². The van der Waals surface area contributed by atoms with Gasteiger partial charge in [0, 0.05) is 31.1 Å². The van der Waals surface area contributed by atoms with Crippen molar-refractivity contribution in [3.63, 3.8) is 0 Å². The van der Waals surface area contributed by atoms with Gasteiger partial charge in [-0.2, -0.15) is 4.31 Å². The molecule has 4 aromatic rings. The smallest absolute Gasteiger partial charge is 0.267 e. The van der Waals surface area contributed by atoms with Crippen LogP contribution in [0.15, 0.2) is 51.2 Å². The molecule has 0 bridgehead atoms. The number of para-hydroxylation sites is 1. The van der Waals surface area contributed by atoms with Gasteiger partial charge in [0.15, 0.2) is 5.16 Å². The largest absolute Gasteiger partial charge is 0.339 e. The molecule has 1 amide bonds. The number of nitrogens with zero attached hydrogens (tertiary/aromatic N) is 4. The van der Waals surface area contributed by atoms with Crippen molar-refractivity contribution in [2.75, 3.05) is 31.9 Å². The van der Waals surface area contributed by atoms with Gasteiger partial charge in [-0.25, -0.2) is 13.4 Å². The lowest BCUT2D eigenvalue weighted by molar-refractivity contribution is -0.129. The molecule has 3 heterocycles. The normalized spacial score (nSPS) is 17.7. The Kier molecular flexibility index (Phi) is 9.23. The number of amides is 1. The average Bonchev–Trinajstić information content (AvgIpc) is 3.39. The summed E-state index contributed by atoms with van der Waals surface area (Å²) in [4.78, 5) is 37.1. The van der Waals surface area contributed by atoms with Crippen molar-refractivity contribution in [1.29, 1.82) is 0 Å². The van der Waals surface area contributed by atoms with Crippen LogP contribution in [0.4, 0.5) is 0 Å².